The summed E-state index contributed by atoms with van der Waals surface area (Å²) in [4.78, 5) is 28.9. The van der Waals surface area contributed by atoms with Gasteiger partial charge in [0.1, 0.15) is 6.04 Å². The summed E-state index contributed by atoms with van der Waals surface area (Å²) in [5.41, 5.74) is 2.45. The molecule has 2 amide bonds. The van der Waals surface area contributed by atoms with Crippen molar-refractivity contribution in [3.63, 3.8) is 0 Å². The molecule has 0 spiro atoms. The minimum absolute atomic E-state index is 0.0280. The first-order valence-electron chi connectivity index (χ1n) is 12.1. The SMILES string of the molecule is CC[C@H](C)NC(=O)[C@@H](Cc1ccccc1)N(Cc1c(Cl)cccc1Cl)C(=O)CCc1ccccc1Cl. The highest BCUT2D eigenvalue weighted by molar-refractivity contribution is 6.36. The summed E-state index contributed by atoms with van der Waals surface area (Å²) >= 11 is 19.3. The van der Waals surface area contributed by atoms with Crippen molar-refractivity contribution in [2.24, 2.45) is 0 Å². The second kappa shape index (κ2) is 13.7. The van der Waals surface area contributed by atoms with Crippen LogP contribution in [0.4, 0.5) is 0 Å². The predicted octanol–water partition coefficient (Wildman–Crippen LogP) is 7.13. The Labute approximate surface area is 228 Å². The largest absolute Gasteiger partial charge is 0.352 e. The van der Waals surface area contributed by atoms with Crippen molar-refractivity contribution in [1.82, 2.24) is 10.2 Å². The first-order valence-corrected chi connectivity index (χ1v) is 13.2. The van der Waals surface area contributed by atoms with Gasteiger partial charge in [0.05, 0.1) is 0 Å². The van der Waals surface area contributed by atoms with E-state index >= 15 is 0 Å². The van der Waals surface area contributed by atoms with Crippen LogP contribution in [0.2, 0.25) is 15.1 Å². The van der Waals surface area contributed by atoms with E-state index in [1.807, 2.05) is 62.4 Å². The van der Waals surface area contributed by atoms with Crippen molar-refractivity contribution >= 4 is 46.6 Å². The van der Waals surface area contributed by atoms with Crippen LogP contribution in [0.25, 0.3) is 0 Å². The van der Waals surface area contributed by atoms with Crippen LogP contribution >= 0.6 is 34.8 Å². The van der Waals surface area contributed by atoms with Crippen LogP contribution in [0.3, 0.4) is 0 Å². The summed E-state index contributed by atoms with van der Waals surface area (Å²) in [5.74, 6) is -0.381. The van der Waals surface area contributed by atoms with Gasteiger partial charge >= 0.3 is 0 Å². The molecule has 0 aromatic heterocycles. The van der Waals surface area contributed by atoms with Crippen LogP contribution in [-0.2, 0) is 29.0 Å². The molecule has 0 radical (unpaired) electrons. The molecule has 7 heteroatoms. The fourth-order valence-electron chi connectivity index (χ4n) is 3.94. The molecule has 36 heavy (non-hydrogen) atoms. The Morgan fingerprint density at radius 1 is 0.861 bits per heavy atom. The van der Waals surface area contributed by atoms with E-state index in [-0.39, 0.29) is 30.8 Å². The number of hydrogen-bond donors (Lipinski definition) is 1. The van der Waals surface area contributed by atoms with Crippen LogP contribution < -0.4 is 5.32 Å². The number of amides is 2. The lowest BCUT2D eigenvalue weighted by Gasteiger charge is -2.33. The van der Waals surface area contributed by atoms with Gasteiger partial charge in [-0.15, -0.1) is 0 Å². The number of carbonyl (C=O) groups excluding carboxylic acids is 2. The topological polar surface area (TPSA) is 49.4 Å². The first kappa shape index (κ1) is 28.0. The van der Waals surface area contributed by atoms with E-state index in [0.29, 0.717) is 33.5 Å². The normalized spacial score (nSPS) is 12.6. The Bertz CT molecular complexity index is 1150. The molecule has 0 saturated heterocycles. The molecule has 190 valence electrons. The highest BCUT2D eigenvalue weighted by atomic mass is 35.5. The number of nitrogens with zero attached hydrogens (tertiary/aromatic N) is 1. The van der Waals surface area contributed by atoms with Crippen LogP contribution in [0, 0.1) is 0 Å². The lowest BCUT2D eigenvalue weighted by atomic mass is 10.0. The third-order valence-corrected chi connectivity index (χ3v) is 7.31. The summed E-state index contributed by atoms with van der Waals surface area (Å²) in [7, 11) is 0. The zero-order valence-electron chi connectivity index (χ0n) is 20.5. The van der Waals surface area contributed by atoms with E-state index in [2.05, 4.69) is 5.32 Å². The van der Waals surface area contributed by atoms with Gasteiger partial charge < -0.3 is 10.2 Å². The molecular formula is C29H31Cl3N2O2. The van der Waals surface area contributed by atoms with Crippen LogP contribution in [-0.4, -0.2) is 28.8 Å². The van der Waals surface area contributed by atoms with Gasteiger partial charge in [-0.3, -0.25) is 9.59 Å². The summed E-state index contributed by atoms with van der Waals surface area (Å²) in [5, 5.41) is 4.58. The number of hydrogen-bond acceptors (Lipinski definition) is 2. The maximum Gasteiger partial charge on any atom is 0.243 e. The average molecular weight is 546 g/mol. The van der Waals surface area contributed by atoms with Crippen LogP contribution in [0.1, 0.15) is 43.4 Å². The maximum atomic E-state index is 13.8. The Balaban J connectivity index is 1.97. The Kier molecular flexibility index (Phi) is 10.7. The number of rotatable bonds is 11. The van der Waals surface area contributed by atoms with E-state index in [1.165, 1.54) is 0 Å². The molecule has 0 aliphatic heterocycles. The van der Waals surface area contributed by atoms with Gasteiger partial charge in [-0.25, -0.2) is 0 Å². The van der Waals surface area contributed by atoms with Crippen LogP contribution in [0.15, 0.2) is 72.8 Å². The smallest absolute Gasteiger partial charge is 0.243 e. The predicted molar refractivity (Wildman–Crippen MR) is 149 cm³/mol. The molecule has 0 saturated carbocycles. The molecule has 0 aliphatic rings. The van der Waals surface area contributed by atoms with Gasteiger partial charge in [-0.1, -0.05) is 96.3 Å². The van der Waals surface area contributed by atoms with Gasteiger partial charge in [0, 0.05) is 46.1 Å². The van der Waals surface area contributed by atoms with E-state index in [9.17, 15) is 9.59 Å². The zero-order valence-corrected chi connectivity index (χ0v) is 22.8. The quantitative estimate of drug-likeness (QED) is 0.278. The maximum absolute atomic E-state index is 13.8. The van der Waals surface area contributed by atoms with Gasteiger partial charge in [0.15, 0.2) is 0 Å². The number of carbonyl (C=O) groups is 2. The van der Waals surface area contributed by atoms with E-state index in [1.54, 1.807) is 29.2 Å². The third kappa shape index (κ3) is 7.73. The third-order valence-electron chi connectivity index (χ3n) is 6.23. The van der Waals surface area contributed by atoms with Crippen LogP contribution in [0.5, 0.6) is 0 Å². The first-order chi connectivity index (χ1) is 17.3. The lowest BCUT2D eigenvalue weighted by molar-refractivity contribution is -0.141. The molecule has 4 nitrogen and oxygen atoms in total. The number of aryl methyl sites for hydroxylation is 1. The fourth-order valence-corrected chi connectivity index (χ4v) is 4.68. The second-order valence-corrected chi connectivity index (χ2v) is 10.1. The summed E-state index contributed by atoms with van der Waals surface area (Å²) < 4.78 is 0. The summed E-state index contributed by atoms with van der Waals surface area (Å²) in [6, 6.07) is 21.6. The monoisotopic (exact) mass is 544 g/mol. The molecule has 0 bridgehead atoms. The Hall–Kier alpha value is -2.53. The van der Waals surface area contributed by atoms with Gasteiger partial charge in [-0.05, 0) is 49.1 Å². The van der Waals surface area contributed by atoms with E-state index in [4.69, 9.17) is 34.8 Å². The molecule has 0 unspecified atom stereocenters. The number of halogens is 3. The van der Waals surface area contributed by atoms with E-state index in [0.717, 1.165) is 17.5 Å². The number of nitrogens with one attached hydrogen (secondary N) is 1. The van der Waals surface area contributed by atoms with Crippen molar-refractivity contribution < 1.29 is 9.59 Å². The Morgan fingerprint density at radius 3 is 2.11 bits per heavy atom. The Morgan fingerprint density at radius 2 is 1.47 bits per heavy atom. The highest BCUT2D eigenvalue weighted by Gasteiger charge is 2.31. The van der Waals surface area contributed by atoms with Gasteiger partial charge in [0.25, 0.3) is 0 Å². The molecule has 0 aliphatic carbocycles. The highest BCUT2D eigenvalue weighted by Crippen LogP contribution is 2.28. The summed E-state index contributed by atoms with van der Waals surface area (Å²) in [6.07, 6.45) is 1.79. The minimum atomic E-state index is -0.743. The molecule has 0 fully saturated rings. The molecular weight excluding hydrogens is 515 g/mol. The molecule has 3 aromatic carbocycles. The molecule has 1 N–H and O–H groups in total. The molecule has 3 rings (SSSR count). The average Bonchev–Trinajstić information content (AvgIpc) is 2.87. The molecule has 0 heterocycles. The zero-order chi connectivity index (χ0) is 26.1. The van der Waals surface area contributed by atoms with Gasteiger partial charge in [0.2, 0.25) is 11.8 Å². The summed E-state index contributed by atoms with van der Waals surface area (Å²) in [6.45, 7) is 4.07. The van der Waals surface area contributed by atoms with E-state index < -0.39 is 6.04 Å². The fraction of sp³-hybridized carbons (Fsp3) is 0.310. The molecule has 2 atom stereocenters. The number of benzene rings is 3. The molecule has 3 aromatic rings. The van der Waals surface area contributed by atoms with Crippen molar-refractivity contribution in [3.8, 4) is 0 Å². The van der Waals surface area contributed by atoms with Gasteiger partial charge in [-0.2, -0.15) is 0 Å². The van der Waals surface area contributed by atoms with Crippen molar-refractivity contribution in [2.75, 3.05) is 0 Å². The van der Waals surface area contributed by atoms with Crippen molar-refractivity contribution in [1.29, 1.82) is 0 Å². The van der Waals surface area contributed by atoms with Crippen molar-refractivity contribution in [3.05, 3.63) is 105 Å². The lowest BCUT2D eigenvalue weighted by Crippen LogP contribution is -2.52. The second-order valence-electron chi connectivity index (χ2n) is 8.84. The minimum Gasteiger partial charge on any atom is -0.352 e. The van der Waals surface area contributed by atoms with Crippen molar-refractivity contribution in [2.45, 2.75) is 58.2 Å². The standard InChI is InChI=1S/C29H31Cl3N2O2/c1-3-20(2)33-29(36)27(18-21-10-5-4-6-11-21)34(19-23-25(31)14-9-15-26(23)32)28(35)17-16-22-12-7-8-13-24(22)30/h4-15,20,27H,3,16-19H2,1-2H3,(H,33,36)/t20-,27+/m0/s1.